The molecule has 2 N–H and O–H groups in total. The summed E-state index contributed by atoms with van der Waals surface area (Å²) < 4.78 is 5.24. The SMILES string of the molecule is COC(CN)c1ccccc1C. The summed E-state index contributed by atoms with van der Waals surface area (Å²) >= 11 is 0. The molecule has 1 unspecified atom stereocenters. The van der Waals surface area contributed by atoms with Gasteiger partial charge in [0.1, 0.15) is 0 Å². The summed E-state index contributed by atoms with van der Waals surface area (Å²) in [5, 5.41) is 0. The quantitative estimate of drug-likeness (QED) is 0.739. The lowest BCUT2D eigenvalue weighted by Crippen LogP contribution is -2.15. The van der Waals surface area contributed by atoms with Crippen molar-refractivity contribution in [2.75, 3.05) is 13.7 Å². The highest BCUT2D eigenvalue weighted by molar-refractivity contribution is 5.27. The number of rotatable bonds is 3. The standard InChI is InChI=1S/C10H15NO/c1-8-5-3-4-6-9(8)10(7-11)12-2/h3-6,10H,7,11H2,1-2H3. The second-order valence-corrected chi connectivity index (χ2v) is 2.82. The fraction of sp³-hybridized carbons (Fsp3) is 0.400. The summed E-state index contributed by atoms with van der Waals surface area (Å²) in [4.78, 5) is 0. The van der Waals surface area contributed by atoms with Gasteiger partial charge in [-0.2, -0.15) is 0 Å². The Morgan fingerprint density at radius 1 is 1.42 bits per heavy atom. The summed E-state index contributed by atoms with van der Waals surface area (Å²) in [6, 6.07) is 8.14. The van der Waals surface area contributed by atoms with Crippen LogP contribution in [0.5, 0.6) is 0 Å². The van der Waals surface area contributed by atoms with Gasteiger partial charge >= 0.3 is 0 Å². The molecule has 2 nitrogen and oxygen atoms in total. The van der Waals surface area contributed by atoms with Gasteiger partial charge in [-0.15, -0.1) is 0 Å². The Hall–Kier alpha value is -0.860. The predicted molar refractivity (Wildman–Crippen MR) is 50.0 cm³/mol. The molecule has 0 amide bonds. The third kappa shape index (κ3) is 1.84. The van der Waals surface area contributed by atoms with Crippen LogP contribution in [0.4, 0.5) is 0 Å². The van der Waals surface area contributed by atoms with E-state index in [0.717, 1.165) is 0 Å². The van der Waals surface area contributed by atoms with Crippen LogP contribution in [-0.2, 0) is 4.74 Å². The van der Waals surface area contributed by atoms with E-state index in [4.69, 9.17) is 10.5 Å². The molecule has 66 valence electrons. The number of hydrogen-bond acceptors (Lipinski definition) is 2. The highest BCUT2D eigenvalue weighted by Gasteiger charge is 2.09. The van der Waals surface area contributed by atoms with Crippen LogP contribution in [0.1, 0.15) is 17.2 Å². The van der Waals surface area contributed by atoms with Crippen LogP contribution in [0, 0.1) is 6.92 Å². The summed E-state index contributed by atoms with van der Waals surface area (Å²) in [7, 11) is 1.68. The second-order valence-electron chi connectivity index (χ2n) is 2.82. The first-order valence-corrected chi connectivity index (χ1v) is 4.08. The fourth-order valence-electron chi connectivity index (χ4n) is 1.30. The maximum atomic E-state index is 5.56. The van der Waals surface area contributed by atoms with Gasteiger partial charge in [-0.25, -0.2) is 0 Å². The molecular formula is C10H15NO. The van der Waals surface area contributed by atoms with Crippen molar-refractivity contribution in [2.24, 2.45) is 5.73 Å². The van der Waals surface area contributed by atoms with E-state index >= 15 is 0 Å². The summed E-state index contributed by atoms with van der Waals surface area (Å²) in [5.41, 5.74) is 7.97. The first kappa shape index (κ1) is 9.23. The van der Waals surface area contributed by atoms with Crippen LogP contribution in [0.3, 0.4) is 0 Å². The lowest BCUT2D eigenvalue weighted by Gasteiger charge is -2.15. The first-order valence-electron chi connectivity index (χ1n) is 4.08. The molecule has 0 aliphatic rings. The Morgan fingerprint density at radius 2 is 2.08 bits per heavy atom. The average molecular weight is 165 g/mol. The molecule has 0 bridgehead atoms. The van der Waals surface area contributed by atoms with Crippen molar-refractivity contribution in [3.05, 3.63) is 35.4 Å². The van der Waals surface area contributed by atoms with E-state index < -0.39 is 0 Å². The Morgan fingerprint density at radius 3 is 2.58 bits per heavy atom. The number of methoxy groups -OCH3 is 1. The molecule has 0 saturated carbocycles. The van der Waals surface area contributed by atoms with Crippen molar-refractivity contribution >= 4 is 0 Å². The lowest BCUT2D eigenvalue weighted by molar-refractivity contribution is 0.110. The van der Waals surface area contributed by atoms with Crippen molar-refractivity contribution in [2.45, 2.75) is 13.0 Å². The van der Waals surface area contributed by atoms with Gasteiger partial charge in [0.25, 0.3) is 0 Å². The highest BCUT2D eigenvalue weighted by atomic mass is 16.5. The molecular weight excluding hydrogens is 150 g/mol. The maximum Gasteiger partial charge on any atom is 0.0945 e. The van der Waals surface area contributed by atoms with Gasteiger partial charge in [0.15, 0.2) is 0 Å². The number of benzene rings is 1. The maximum absolute atomic E-state index is 5.56. The summed E-state index contributed by atoms with van der Waals surface area (Å²) in [6.45, 7) is 2.60. The second kappa shape index (κ2) is 4.24. The molecule has 0 aromatic heterocycles. The van der Waals surface area contributed by atoms with Gasteiger partial charge < -0.3 is 10.5 Å². The molecule has 0 spiro atoms. The molecule has 2 heteroatoms. The van der Waals surface area contributed by atoms with Crippen LogP contribution >= 0.6 is 0 Å². The summed E-state index contributed by atoms with van der Waals surface area (Å²) in [6.07, 6.45) is 0.0335. The zero-order chi connectivity index (χ0) is 8.97. The van der Waals surface area contributed by atoms with Crippen molar-refractivity contribution in [3.63, 3.8) is 0 Å². The highest BCUT2D eigenvalue weighted by Crippen LogP contribution is 2.18. The third-order valence-corrected chi connectivity index (χ3v) is 2.03. The van der Waals surface area contributed by atoms with E-state index in [1.807, 2.05) is 12.1 Å². The van der Waals surface area contributed by atoms with Gasteiger partial charge in [-0.3, -0.25) is 0 Å². The molecule has 12 heavy (non-hydrogen) atoms. The topological polar surface area (TPSA) is 35.2 Å². The largest absolute Gasteiger partial charge is 0.375 e. The molecule has 1 aromatic carbocycles. The molecule has 0 aliphatic heterocycles. The van der Waals surface area contributed by atoms with E-state index in [-0.39, 0.29) is 6.10 Å². The van der Waals surface area contributed by atoms with E-state index in [1.54, 1.807) is 7.11 Å². The zero-order valence-corrected chi connectivity index (χ0v) is 7.58. The van der Waals surface area contributed by atoms with Crippen LogP contribution in [-0.4, -0.2) is 13.7 Å². The van der Waals surface area contributed by atoms with Crippen molar-refractivity contribution in [1.82, 2.24) is 0 Å². The zero-order valence-electron chi connectivity index (χ0n) is 7.58. The number of hydrogen-bond donors (Lipinski definition) is 1. The Labute approximate surface area is 73.3 Å². The van der Waals surface area contributed by atoms with Gasteiger partial charge in [0.2, 0.25) is 0 Å². The normalized spacial score (nSPS) is 12.9. The Balaban J connectivity index is 2.92. The van der Waals surface area contributed by atoms with Gasteiger partial charge in [0, 0.05) is 13.7 Å². The number of nitrogens with two attached hydrogens (primary N) is 1. The molecule has 0 radical (unpaired) electrons. The molecule has 1 aromatic rings. The van der Waals surface area contributed by atoms with E-state index in [0.29, 0.717) is 6.54 Å². The molecule has 0 saturated heterocycles. The van der Waals surface area contributed by atoms with Gasteiger partial charge in [-0.05, 0) is 18.1 Å². The minimum atomic E-state index is 0.0335. The third-order valence-electron chi connectivity index (χ3n) is 2.03. The van der Waals surface area contributed by atoms with E-state index in [1.165, 1.54) is 11.1 Å². The minimum Gasteiger partial charge on any atom is -0.375 e. The van der Waals surface area contributed by atoms with Crippen LogP contribution in [0.2, 0.25) is 0 Å². The van der Waals surface area contributed by atoms with Crippen LogP contribution in [0.25, 0.3) is 0 Å². The van der Waals surface area contributed by atoms with Gasteiger partial charge in [0.05, 0.1) is 6.10 Å². The van der Waals surface area contributed by atoms with Crippen LogP contribution in [0.15, 0.2) is 24.3 Å². The smallest absolute Gasteiger partial charge is 0.0945 e. The predicted octanol–water partition coefficient (Wildman–Crippen LogP) is 1.64. The first-order chi connectivity index (χ1) is 5.79. The molecule has 0 heterocycles. The monoisotopic (exact) mass is 165 g/mol. The Kier molecular flexibility index (Phi) is 3.26. The van der Waals surface area contributed by atoms with Crippen molar-refractivity contribution in [1.29, 1.82) is 0 Å². The average Bonchev–Trinajstić information content (AvgIpc) is 2.10. The van der Waals surface area contributed by atoms with Crippen molar-refractivity contribution in [3.8, 4) is 0 Å². The van der Waals surface area contributed by atoms with Crippen molar-refractivity contribution < 1.29 is 4.74 Å². The molecule has 1 rings (SSSR count). The van der Waals surface area contributed by atoms with Gasteiger partial charge in [-0.1, -0.05) is 24.3 Å². The minimum absolute atomic E-state index is 0.0335. The van der Waals surface area contributed by atoms with E-state index in [2.05, 4.69) is 19.1 Å². The lowest BCUT2D eigenvalue weighted by atomic mass is 10.0. The molecule has 0 aliphatic carbocycles. The molecule has 1 atom stereocenters. The number of aryl methyl sites for hydroxylation is 1. The summed E-state index contributed by atoms with van der Waals surface area (Å²) in [5.74, 6) is 0. The fourth-order valence-corrected chi connectivity index (χ4v) is 1.30. The number of ether oxygens (including phenoxy) is 1. The Bertz CT molecular complexity index is 243. The van der Waals surface area contributed by atoms with E-state index in [9.17, 15) is 0 Å². The van der Waals surface area contributed by atoms with Crippen LogP contribution < -0.4 is 5.73 Å². The molecule has 0 fully saturated rings.